The molecule has 5 nitrogen and oxygen atoms in total. The summed E-state index contributed by atoms with van der Waals surface area (Å²) in [7, 11) is 0. The molecule has 0 spiro atoms. The Morgan fingerprint density at radius 3 is 1.43 bits per heavy atom. The molecule has 1 atom stereocenters. The van der Waals surface area contributed by atoms with Gasteiger partial charge in [0, 0.05) is 23.5 Å². The number of hydrogen-bond donors (Lipinski definition) is 0. The van der Waals surface area contributed by atoms with Crippen LogP contribution in [0.5, 0.6) is 11.5 Å². The smallest absolute Gasteiger partial charge is 0.335 e. The Balaban J connectivity index is 1.26. The molecule has 5 heteroatoms. The van der Waals surface area contributed by atoms with E-state index in [0.717, 1.165) is 57.8 Å². The van der Waals surface area contributed by atoms with Gasteiger partial charge in [0.05, 0.1) is 6.04 Å². The molecule has 0 radical (unpaired) electrons. The second-order valence-corrected chi connectivity index (χ2v) is 11.0. The molecule has 0 amide bonds. The van der Waals surface area contributed by atoms with Crippen LogP contribution in [0.25, 0.3) is 27.8 Å². The van der Waals surface area contributed by atoms with Gasteiger partial charge < -0.3 is 14.4 Å². The fraction of sp³-hybridized carbons (Fsp3) is 0.0476. The molecule has 0 heterocycles. The number of carbonyl (C=O) groups excluding carboxylic acids is 2. The van der Waals surface area contributed by atoms with Crippen molar-refractivity contribution in [2.45, 2.75) is 12.5 Å². The number of ether oxygens (including phenoxy) is 2. The lowest BCUT2D eigenvalue weighted by molar-refractivity contribution is -0.129. The molecule has 1 aliphatic carbocycles. The molecule has 0 saturated carbocycles. The quantitative estimate of drug-likeness (QED) is 0.0889. The number of rotatable bonds is 10. The van der Waals surface area contributed by atoms with Crippen molar-refractivity contribution in [3.8, 4) is 33.8 Å². The molecule has 6 rings (SSSR count). The largest absolute Gasteiger partial charge is 0.423 e. The van der Waals surface area contributed by atoms with Gasteiger partial charge in [-0.05, 0) is 88.3 Å². The molecule has 0 saturated heterocycles. The van der Waals surface area contributed by atoms with E-state index in [0.29, 0.717) is 11.5 Å². The zero-order valence-electron chi connectivity index (χ0n) is 25.8. The van der Waals surface area contributed by atoms with E-state index in [1.54, 1.807) is 24.3 Å². The van der Waals surface area contributed by atoms with Gasteiger partial charge in [-0.2, -0.15) is 0 Å². The van der Waals surface area contributed by atoms with Gasteiger partial charge in [-0.1, -0.05) is 110 Å². The first-order valence-electron chi connectivity index (χ1n) is 15.3. The Bertz CT molecular complexity index is 1940. The Kier molecular flexibility index (Phi) is 9.35. The third-order valence-electron chi connectivity index (χ3n) is 7.95. The molecular formula is C42H33NO4. The van der Waals surface area contributed by atoms with Crippen molar-refractivity contribution >= 4 is 28.9 Å². The number of allylic oxidation sites excluding steroid dienone is 2. The van der Waals surface area contributed by atoms with E-state index in [2.05, 4.69) is 109 Å². The summed E-state index contributed by atoms with van der Waals surface area (Å²) in [6.07, 6.45) is 9.73. The fourth-order valence-electron chi connectivity index (χ4n) is 5.55. The molecule has 0 aromatic heterocycles. The van der Waals surface area contributed by atoms with Crippen LogP contribution >= 0.6 is 0 Å². The average Bonchev–Trinajstić information content (AvgIpc) is 3.13. The maximum Gasteiger partial charge on any atom is 0.335 e. The molecule has 47 heavy (non-hydrogen) atoms. The molecule has 1 aliphatic rings. The van der Waals surface area contributed by atoms with Crippen molar-refractivity contribution in [2.24, 2.45) is 0 Å². The lowest BCUT2D eigenvalue weighted by atomic mass is 9.95. The van der Waals surface area contributed by atoms with Crippen LogP contribution in [0.4, 0.5) is 11.4 Å². The molecule has 0 aliphatic heterocycles. The normalized spacial score (nSPS) is 13.6. The molecule has 0 N–H and O–H groups in total. The summed E-state index contributed by atoms with van der Waals surface area (Å²) < 4.78 is 10.4. The van der Waals surface area contributed by atoms with E-state index in [1.807, 2.05) is 30.3 Å². The van der Waals surface area contributed by atoms with E-state index in [1.165, 1.54) is 5.56 Å². The lowest BCUT2D eigenvalue weighted by Gasteiger charge is -2.33. The lowest BCUT2D eigenvalue weighted by Crippen LogP contribution is -2.30. The summed E-state index contributed by atoms with van der Waals surface area (Å²) in [6.45, 7) is 6.90. The van der Waals surface area contributed by atoms with Crippen LogP contribution in [0.1, 0.15) is 12.0 Å². The Hall–Kier alpha value is -6.20. The average molecular weight is 616 g/mol. The molecule has 5 aromatic carbocycles. The predicted octanol–water partition coefficient (Wildman–Crippen LogP) is 9.75. The van der Waals surface area contributed by atoms with Crippen molar-refractivity contribution in [3.63, 3.8) is 0 Å². The van der Waals surface area contributed by atoms with E-state index in [9.17, 15) is 9.59 Å². The number of esters is 2. The van der Waals surface area contributed by atoms with Gasteiger partial charge in [-0.15, -0.1) is 0 Å². The van der Waals surface area contributed by atoms with Crippen LogP contribution in [-0.2, 0) is 9.59 Å². The summed E-state index contributed by atoms with van der Waals surface area (Å²) in [4.78, 5) is 25.5. The summed E-state index contributed by atoms with van der Waals surface area (Å²) in [5.74, 6) is -0.00421. The Morgan fingerprint density at radius 1 is 0.574 bits per heavy atom. The van der Waals surface area contributed by atoms with E-state index in [4.69, 9.17) is 9.47 Å². The van der Waals surface area contributed by atoms with Crippen molar-refractivity contribution in [1.29, 1.82) is 0 Å². The van der Waals surface area contributed by atoms with Gasteiger partial charge in [-0.25, -0.2) is 9.59 Å². The minimum atomic E-state index is -0.484. The first-order chi connectivity index (χ1) is 23.0. The van der Waals surface area contributed by atoms with Gasteiger partial charge in [0.1, 0.15) is 11.5 Å². The van der Waals surface area contributed by atoms with Crippen molar-refractivity contribution in [1.82, 2.24) is 0 Å². The molecular weight excluding hydrogens is 582 g/mol. The standard InChI is InChI=1S/C42H33NO4/c1-3-41(44)46-39-26-16-34(17-27-39)32-12-22-37(23-13-32)43(36-20-10-31(11-21-36)30-8-6-5-7-9-30)38-24-14-33(15-25-38)35-18-28-40(29-19-35)47-42(45)4-2/h3-24,26-29,38H,1-2,25H2. The number of carbonyl (C=O) groups is 2. The van der Waals surface area contributed by atoms with E-state index in [-0.39, 0.29) is 6.04 Å². The highest BCUT2D eigenvalue weighted by Crippen LogP contribution is 2.36. The van der Waals surface area contributed by atoms with Crippen LogP contribution in [0.2, 0.25) is 0 Å². The van der Waals surface area contributed by atoms with Gasteiger partial charge in [0.25, 0.3) is 0 Å². The van der Waals surface area contributed by atoms with Crippen LogP contribution in [0.15, 0.2) is 171 Å². The molecule has 230 valence electrons. The highest BCUT2D eigenvalue weighted by Gasteiger charge is 2.21. The third-order valence-corrected chi connectivity index (χ3v) is 7.95. The third kappa shape index (κ3) is 7.38. The highest BCUT2D eigenvalue weighted by molar-refractivity contribution is 5.84. The number of benzene rings is 5. The van der Waals surface area contributed by atoms with E-state index < -0.39 is 11.9 Å². The van der Waals surface area contributed by atoms with Gasteiger partial charge in [0.2, 0.25) is 0 Å². The van der Waals surface area contributed by atoms with Gasteiger partial charge >= 0.3 is 11.9 Å². The molecule has 0 bridgehead atoms. The topological polar surface area (TPSA) is 55.8 Å². The van der Waals surface area contributed by atoms with Crippen molar-refractivity contribution < 1.29 is 19.1 Å². The molecule has 5 aromatic rings. The summed E-state index contributed by atoms with van der Waals surface area (Å²) >= 11 is 0. The fourth-order valence-corrected chi connectivity index (χ4v) is 5.55. The summed E-state index contributed by atoms with van der Waals surface area (Å²) in [5, 5.41) is 0. The van der Waals surface area contributed by atoms with Crippen LogP contribution in [-0.4, -0.2) is 18.0 Å². The monoisotopic (exact) mass is 615 g/mol. The van der Waals surface area contributed by atoms with E-state index >= 15 is 0 Å². The first-order valence-corrected chi connectivity index (χ1v) is 15.3. The number of hydrogen-bond acceptors (Lipinski definition) is 5. The molecule has 0 fully saturated rings. The maximum absolute atomic E-state index is 11.6. The molecule has 1 unspecified atom stereocenters. The minimum Gasteiger partial charge on any atom is -0.423 e. The highest BCUT2D eigenvalue weighted by atomic mass is 16.5. The maximum atomic E-state index is 11.6. The zero-order chi connectivity index (χ0) is 32.6. The second-order valence-electron chi connectivity index (χ2n) is 11.0. The van der Waals surface area contributed by atoms with Crippen LogP contribution in [0.3, 0.4) is 0 Å². The van der Waals surface area contributed by atoms with Crippen molar-refractivity contribution in [2.75, 3.05) is 4.90 Å². The summed E-state index contributed by atoms with van der Waals surface area (Å²) in [5.41, 5.74) is 8.73. The Labute approximate surface area is 275 Å². The van der Waals surface area contributed by atoms with Gasteiger partial charge in [-0.3, -0.25) is 0 Å². The second kappa shape index (κ2) is 14.3. The minimum absolute atomic E-state index is 0.0822. The zero-order valence-corrected chi connectivity index (χ0v) is 25.8. The number of nitrogens with zero attached hydrogens (tertiary/aromatic N) is 1. The predicted molar refractivity (Wildman–Crippen MR) is 190 cm³/mol. The van der Waals surface area contributed by atoms with Crippen LogP contribution in [0, 0.1) is 0 Å². The Morgan fingerprint density at radius 2 is 1.00 bits per heavy atom. The van der Waals surface area contributed by atoms with Crippen molar-refractivity contribution in [3.05, 3.63) is 176 Å². The first kappa shape index (κ1) is 30.8. The van der Waals surface area contributed by atoms with Gasteiger partial charge in [0.15, 0.2) is 0 Å². The van der Waals surface area contributed by atoms with Crippen LogP contribution < -0.4 is 14.4 Å². The number of anilines is 2. The summed E-state index contributed by atoms with van der Waals surface area (Å²) in [6, 6.07) is 42.6. The SMILES string of the molecule is C=CC(=O)Oc1ccc(C2=CCC(N(c3ccc(-c4ccccc4)cc3)c3ccc(-c4ccc(OC(=O)C=C)cc4)cc3)C=C2)cc1.